The first kappa shape index (κ1) is 22.4. The van der Waals surface area contributed by atoms with Gasteiger partial charge in [0.05, 0.1) is 37.0 Å². The van der Waals surface area contributed by atoms with Gasteiger partial charge in [-0.3, -0.25) is 9.59 Å². The lowest BCUT2D eigenvalue weighted by Gasteiger charge is -2.22. The zero-order valence-corrected chi connectivity index (χ0v) is 18.3. The van der Waals surface area contributed by atoms with Gasteiger partial charge < -0.3 is 24.8 Å². The predicted octanol–water partition coefficient (Wildman–Crippen LogP) is 1.60. The molecule has 31 heavy (non-hydrogen) atoms. The van der Waals surface area contributed by atoms with Crippen LogP contribution in [0.15, 0.2) is 35.2 Å². The molecule has 1 heterocycles. The number of hydrogen-bond acceptors (Lipinski definition) is 7. The van der Waals surface area contributed by atoms with Crippen LogP contribution >= 0.6 is 0 Å². The van der Waals surface area contributed by atoms with Crippen molar-refractivity contribution < 1.29 is 32.2 Å². The van der Waals surface area contributed by atoms with Gasteiger partial charge in [-0.1, -0.05) is 0 Å². The van der Waals surface area contributed by atoms with E-state index in [1.54, 1.807) is 25.1 Å². The van der Waals surface area contributed by atoms with E-state index >= 15 is 0 Å². The smallest absolute Gasteiger partial charge is 0.262 e. The number of ether oxygens (including phenoxy) is 3. The number of anilines is 2. The Labute approximate surface area is 180 Å². The van der Waals surface area contributed by atoms with Crippen molar-refractivity contribution in [2.24, 2.45) is 0 Å². The fourth-order valence-corrected chi connectivity index (χ4v) is 4.39. The second-order valence-electron chi connectivity index (χ2n) is 6.83. The first-order valence-corrected chi connectivity index (χ1v) is 10.6. The number of hydrogen-bond donors (Lipinski definition) is 2. The second-order valence-corrected chi connectivity index (χ2v) is 8.84. The quantitative estimate of drug-likeness (QED) is 0.658. The molecule has 0 aromatic heterocycles. The van der Waals surface area contributed by atoms with Crippen molar-refractivity contribution >= 4 is 33.2 Å². The maximum atomic E-state index is 13.1. The van der Waals surface area contributed by atoms with E-state index in [0.717, 1.165) is 4.31 Å². The Bertz CT molecular complexity index is 1130. The third-order valence-electron chi connectivity index (χ3n) is 4.65. The van der Waals surface area contributed by atoms with Crippen LogP contribution in [0.3, 0.4) is 0 Å². The number of nitrogens with zero attached hydrogens (tertiary/aromatic N) is 1. The predicted molar refractivity (Wildman–Crippen MR) is 113 cm³/mol. The minimum absolute atomic E-state index is 0.0141. The Morgan fingerprint density at radius 1 is 1.23 bits per heavy atom. The molecule has 1 aliphatic rings. The van der Waals surface area contributed by atoms with Gasteiger partial charge >= 0.3 is 0 Å². The SMILES string of the molecule is COc1ccc(NC(=O)CN(C)S(=O)(=O)c2cc3c(cc2C)NC(=O)CO3)c(OC)c1. The molecule has 10 nitrogen and oxygen atoms in total. The van der Waals surface area contributed by atoms with Gasteiger partial charge in [0.15, 0.2) is 6.61 Å². The summed E-state index contributed by atoms with van der Waals surface area (Å²) in [6, 6.07) is 7.72. The number of aryl methyl sites for hydroxylation is 1. The highest BCUT2D eigenvalue weighted by molar-refractivity contribution is 7.89. The Hall–Kier alpha value is -3.31. The Morgan fingerprint density at radius 3 is 2.65 bits per heavy atom. The van der Waals surface area contributed by atoms with Crippen LogP contribution < -0.4 is 24.8 Å². The molecule has 0 fully saturated rings. The van der Waals surface area contributed by atoms with Crippen LogP contribution in [-0.4, -0.2) is 59.0 Å². The summed E-state index contributed by atoms with van der Waals surface area (Å²) < 4.78 is 42.7. The molecule has 0 saturated carbocycles. The fourth-order valence-electron chi connectivity index (χ4n) is 3.04. The molecule has 0 bridgehead atoms. The molecule has 11 heteroatoms. The second kappa shape index (κ2) is 8.82. The number of benzene rings is 2. The van der Waals surface area contributed by atoms with Crippen molar-refractivity contribution in [3.05, 3.63) is 35.9 Å². The van der Waals surface area contributed by atoms with E-state index in [4.69, 9.17) is 14.2 Å². The summed E-state index contributed by atoms with van der Waals surface area (Å²) in [5, 5.41) is 5.27. The van der Waals surface area contributed by atoms with E-state index in [0.29, 0.717) is 28.4 Å². The molecule has 2 amide bonds. The van der Waals surface area contributed by atoms with Gasteiger partial charge in [-0.25, -0.2) is 8.42 Å². The average Bonchev–Trinajstić information content (AvgIpc) is 2.73. The van der Waals surface area contributed by atoms with Crippen LogP contribution in [0.4, 0.5) is 11.4 Å². The highest BCUT2D eigenvalue weighted by atomic mass is 32.2. The first-order chi connectivity index (χ1) is 14.6. The first-order valence-electron chi connectivity index (χ1n) is 9.21. The zero-order valence-electron chi connectivity index (χ0n) is 17.5. The highest BCUT2D eigenvalue weighted by Gasteiger charge is 2.28. The normalized spacial score (nSPS) is 13.1. The lowest BCUT2D eigenvalue weighted by molar-refractivity contribution is -0.118. The van der Waals surface area contributed by atoms with Gasteiger partial charge in [-0.05, 0) is 30.7 Å². The number of rotatable bonds is 7. The molecule has 0 spiro atoms. The fraction of sp³-hybridized carbons (Fsp3) is 0.300. The molecule has 2 N–H and O–H groups in total. The van der Waals surface area contributed by atoms with E-state index in [2.05, 4.69) is 10.6 Å². The Balaban J connectivity index is 1.77. The van der Waals surface area contributed by atoms with Crippen molar-refractivity contribution in [2.45, 2.75) is 11.8 Å². The Kier molecular flexibility index (Phi) is 6.37. The summed E-state index contributed by atoms with van der Waals surface area (Å²) in [5.74, 6) is 0.322. The van der Waals surface area contributed by atoms with Crippen molar-refractivity contribution in [1.82, 2.24) is 4.31 Å². The number of carbonyl (C=O) groups is 2. The molecule has 2 aromatic rings. The molecule has 0 saturated heterocycles. The Morgan fingerprint density at radius 2 is 1.97 bits per heavy atom. The molecule has 0 aliphatic carbocycles. The van der Waals surface area contributed by atoms with Crippen LogP contribution in [0.25, 0.3) is 0 Å². The molecule has 166 valence electrons. The largest absolute Gasteiger partial charge is 0.497 e. The van der Waals surface area contributed by atoms with Gasteiger partial charge in [0.1, 0.15) is 17.2 Å². The topological polar surface area (TPSA) is 123 Å². The zero-order chi connectivity index (χ0) is 22.8. The van der Waals surface area contributed by atoms with Gasteiger partial charge in [0, 0.05) is 19.2 Å². The van der Waals surface area contributed by atoms with E-state index < -0.39 is 22.5 Å². The van der Waals surface area contributed by atoms with E-state index in [1.165, 1.54) is 33.4 Å². The van der Waals surface area contributed by atoms with Crippen LogP contribution in [0, 0.1) is 6.92 Å². The standard InChI is InChI=1S/C20H23N3O7S/c1-12-7-15-17(30-11-20(25)22-15)9-18(12)31(26,27)23(2)10-19(24)21-14-6-5-13(28-3)8-16(14)29-4/h5-9H,10-11H2,1-4H3,(H,21,24)(H,22,25). The summed E-state index contributed by atoms with van der Waals surface area (Å²) in [6.07, 6.45) is 0. The van der Waals surface area contributed by atoms with E-state index in [1.807, 2.05) is 0 Å². The third kappa shape index (κ3) is 4.72. The number of sulfonamides is 1. The van der Waals surface area contributed by atoms with Crippen molar-refractivity contribution in [1.29, 1.82) is 0 Å². The molecule has 0 radical (unpaired) electrons. The number of amides is 2. The van der Waals surface area contributed by atoms with Gasteiger partial charge in [-0.15, -0.1) is 0 Å². The number of carbonyl (C=O) groups excluding carboxylic acids is 2. The summed E-state index contributed by atoms with van der Waals surface area (Å²) in [4.78, 5) is 23.9. The molecular formula is C20H23N3O7S. The monoisotopic (exact) mass is 449 g/mol. The number of methoxy groups -OCH3 is 2. The van der Waals surface area contributed by atoms with E-state index in [-0.39, 0.29) is 23.2 Å². The molecule has 1 aliphatic heterocycles. The van der Waals surface area contributed by atoms with Crippen LogP contribution in [-0.2, 0) is 19.6 Å². The molecule has 0 atom stereocenters. The van der Waals surface area contributed by atoms with Crippen LogP contribution in [0.2, 0.25) is 0 Å². The van der Waals surface area contributed by atoms with Crippen LogP contribution in [0.1, 0.15) is 5.56 Å². The third-order valence-corrected chi connectivity index (χ3v) is 6.59. The number of fused-ring (bicyclic) bond motifs is 1. The average molecular weight is 449 g/mol. The summed E-state index contributed by atoms with van der Waals surface area (Å²) in [6.45, 7) is 0.979. The molecular weight excluding hydrogens is 426 g/mol. The summed E-state index contributed by atoms with van der Waals surface area (Å²) >= 11 is 0. The van der Waals surface area contributed by atoms with E-state index in [9.17, 15) is 18.0 Å². The van der Waals surface area contributed by atoms with Crippen molar-refractivity contribution in [3.8, 4) is 17.2 Å². The maximum absolute atomic E-state index is 13.1. The van der Waals surface area contributed by atoms with Gasteiger partial charge in [0.2, 0.25) is 15.9 Å². The van der Waals surface area contributed by atoms with Crippen molar-refractivity contribution in [2.75, 3.05) is 45.1 Å². The number of nitrogens with one attached hydrogen (secondary N) is 2. The van der Waals surface area contributed by atoms with Gasteiger partial charge in [-0.2, -0.15) is 4.31 Å². The maximum Gasteiger partial charge on any atom is 0.262 e. The summed E-state index contributed by atoms with van der Waals surface area (Å²) in [5.41, 5.74) is 1.20. The molecule has 0 unspecified atom stereocenters. The summed E-state index contributed by atoms with van der Waals surface area (Å²) in [7, 11) is 0.263. The van der Waals surface area contributed by atoms with Crippen LogP contribution in [0.5, 0.6) is 17.2 Å². The van der Waals surface area contributed by atoms with Gasteiger partial charge in [0.25, 0.3) is 5.91 Å². The molecule has 3 rings (SSSR count). The molecule has 2 aromatic carbocycles. The highest BCUT2D eigenvalue weighted by Crippen LogP contribution is 2.34. The number of likely N-dealkylation sites (N-methyl/N-ethyl adjacent to an activating group) is 1. The lowest BCUT2D eigenvalue weighted by atomic mass is 10.2. The lowest BCUT2D eigenvalue weighted by Crippen LogP contribution is -2.35. The minimum Gasteiger partial charge on any atom is -0.497 e. The minimum atomic E-state index is -4.00. The van der Waals surface area contributed by atoms with Crippen molar-refractivity contribution in [3.63, 3.8) is 0 Å².